The van der Waals surface area contributed by atoms with Crippen LogP contribution < -0.4 is 14.5 Å². The minimum Gasteiger partial charge on any atom is -0.504 e. The number of methoxy groups -OCH3 is 1. The molecule has 1 N–H and O–H groups in total. The van der Waals surface area contributed by atoms with E-state index in [4.69, 9.17) is 4.74 Å². The van der Waals surface area contributed by atoms with E-state index in [0.29, 0.717) is 5.75 Å². The Bertz CT molecular complexity index is 1130. The van der Waals surface area contributed by atoms with Crippen LogP contribution in [0.4, 0.5) is 11.4 Å². The summed E-state index contributed by atoms with van der Waals surface area (Å²) in [5, 5.41) is 10.4. The number of carbonyl (C=O) groups is 2. The molecule has 0 aliphatic carbocycles. The first-order chi connectivity index (χ1) is 14.9. The Balaban J connectivity index is 1.84. The molecular weight excluding hydrogens is 392 g/mol. The first-order valence-electron chi connectivity index (χ1n) is 10.0. The fraction of sp³-hybridized carbons (Fsp3) is 0.200. The monoisotopic (exact) mass is 416 g/mol. The molecule has 0 bridgehead atoms. The van der Waals surface area contributed by atoms with Crippen molar-refractivity contribution in [2.24, 2.45) is 0 Å². The molecule has 0 aromatic heterocycles. The molecular formula is C25H24N2O4. The molecule has 6 heteroatoms. The van der Waals surface area contributed by atoms with E-state index >= 15 is 0 Å². The predicted molar refractivity (Wildman–Crippen MR) is 120 cm³/mol. The minimum atomic E-state index is -0.398. The van der Waals surface area contributed by atoms with Crippen molar-refractivity contribution in [2.75, 3.05) is 24.0 Å². The highest BCUT2D eigenvalue weighted by Crippen LogP contribution is 2.43. The summed E-state index contributed by atoms with van der Waals surface area (Å²) < 4.78 is 5.25. The average Bonchev–Trinajstić information content (AvgIpc) is 2.78. The second-order valence-electron chi connectivity index (χ2n) is 7.57. The van der Waals surface area contributed by atoms with Gasteiger partial charge in [0.05, 0.1) is 19.6 Å². The second kappa shape index (κ2) is 8.14. The number of carbonyl (C=O) groups excluding carboxylic acids is 2. The Labute approximate surface area is 181 Å². The van der Waals surface area contributed by atoms with E-state index in [1.807, 2.05) is 54.6 Å². The third kappa shape index (κ3) is 3.72. The van der Waals surface area contributed by atoms with Gasteiger partial charge in [-0.05, 0) is 53.1 Å². The smallest absolute Gasteiger partial charge is 0.232 e. The topological polar surface area (TPSA) is 70.1 Å². The van der Waals surface area contributed by atoms with Crippen LogP contribution in [-0.2, 0) is 16.0 Å². The number of ether oxygens (including phenoxy) is 1. The number of hydrogen-bond acceptors (Lipinski definition) is 4. The summed E-state index contributed by atoms with van der Waals surface area (Å²) in [6, 6.07) is 20.1. The summed E-state index contributed by atoms with van der Waals surface area (Å²) in [6.45, 7) is 1.51. The lowest BCUT2D eigenvalue weighted by Gasteiger charge is -2.38. The summed E-state index contributed by atoms with van der Waals surface area (Å²) in [5.41, 5.74) is 4.10. The van der Waals surface area contributed by atoms with Crippen LogP contribution in [0, 0.1) is 0 Å². The quantitative estimate of drug-likeness (QED) is 0.696. The molecule has 1 aliphatic heterocycles. The summed E-state index contributed by atoms with van der Waals surface area (Å²) >= 11 is 0. The van der Waals surface area contributed by atoms with Crippen LogP contribution >= 0.6 is 0 Å². The van der Waals surface area contributed by atoms with Crippen molar-refractivity contribution in [1.82, 2.24) is 0 Å². The summed E-state index contributed by atoms with van der Waals surface area (Å²) in [5.74, 6) is 0.266. The van der Waals surface area contributed by atoms with Crippen molar-refractivity contribution in [1.29, 1.82) is 0 Å². The van der Waals surface area contributed by atoms with Crippen LogP contribution in [0.1, 0.15) is 29.7 Å². The zero-order chi connectivity index (χ0) is 22.1. The molecule has 0 radical (unpaired) electrons. The third-order valence-electron chi connectivity index (χ3n) is 5.71. The normalized spacial score (nSPS) is 15.4. The van der Waals surface area contributed by atoms with E-state index in [-0.39, 0.29) is 24.0 Å². The standard InChI is InChI=1S/C25H24N2O4/c1-16(28)26(2)19-9-11-20(12-10-19)27-24(30)14-18-13-23(31-3)22(29)15-21(18)25(27)17-7-5-4-6-8-17/h4-13,15,25,29H,14H2,1-3H3. The molecule has 0 spiro atoms. The van der Waals surface area contributed by atoms with Crippen LogP contribution in [0.3, 0.4) is 0 Å². The molecule has 0 saturated carbocycles. The lowest BCUT2D eigenvalue weighted by atomic mass is 9.87. The maximum atomic E-state index is 13.3. The molecule has 2 amide bonds. The number of rotatable bonds is 4. The van der Waals surface area contributed by atoms with Gasteiger partial charge in [-0.25, -0.2) is 0 Å². The fourth-order valence-electron chi connectivity index (χ4n) is 4.00. The number of anilines is 2. The number of phenolic OH excluding ortho intramolecular Hbond substituents is 1. The van der Waals surface area contributed by atoms with Crippen LogP contribution in [0.15, 0.2) is 66.7 Å². The van der Waals surface area contributed by atoms with Crippen LogP contribution in [0.2, 0.25) is 0 Å². The Morgan fingerprint density at radius 1 is 1.10 bits per heavy atom. The third-order valence-corrected chi connectivity index (χ3v) is 5.71. The van der Waals surface area contributed by atoms with Crippen LogP contribution in [0.5, 0.6) is 11.5 Å². The predicted octanol–water partition coefficient (Wildman–Crippen LogP) is 4.06. The van der Waals surface area contributed by atoms with Gasteiger partial charge >= 0.3 is 0 Å². The van der Waals surface area contributed by atoms with E-state index in [2.05, 4.69) is 0 Å². The van der Waals surface area contributed by atoms with Gasteiger partial charge in [0.1, 0.15) is 0 Å². The molecule has 0 fully saturated rings. The highest BCUT2D eigenvalue weighted by atomic mass is 16.5. The molecule has 0 saturated heterocycles. The van der Waals surface area contributed by atoms with E-state index in [1.54, 1.807) is 29.0 Å². The van der Waals surface area contributed by atoms with Gasteiger partial charge in [0.25, 0.3) is 0 Å². The van der Waals surface area contributed by atoms with Gasteiger partial charge in [-0.1, -0.05) is 30.3 Å². The second-order valence-corrected chi connectivity index (χ2v) is 7.57. The highest BCUT2D eigenvalue weighted by Gasteiger charge is 2.35. The van der Waals surface area contributed by atoms with Gasteiger partial charge in [0, 0.05) is 25.3 Å². The minimum absolute atomic E-state index is 0.0370. The summed E-state index contributed by atoms with van der Waals surface area (Å²) in [7, 11) is 3.20. The van der Waals surface area contributed by atoms with Crippen molar-refractivity contribution in [2.45, 2.75) is 19.4 Å². The van der Waals surface area contributed by atoms with E-state index in [0.717, 1.165) is 28.1 Å². The van der Waals surface area contributed by atoms with Gasteiger partial charge in [0.15, 0.2) is 11.5 Å². The van der Waals surface area contributed by atoms with E-state index < -0.39 is 6.04 Å². The number of nitrogens with zero attached hydrogens (tertiary/aromatic N) is 2. The summed E-state index contributed by atoms with van der Waals surface area (Å²) in [4.78, 5) is 28.3. The Morgan fingerprint density at radius 2 is 1.77 bits per heavy atom. The Morgan fingerprint density at radius 3 is 2.39 bits per heavy atom. The molecule has 6 nitrogen and oxygen atoms in total. The van der Waals surface area contributed by atoms with Crippen LogP contribution in [-0.4, -0.2) is 31.1 Å². The van der Waals surface area contributed by atoms with Crippen molar-refractivity contribution in [3.63, 3.8) is 0 Å². The number of benzene rings is 3. The number of hydrogen-bond donors (Lipinski definition) is 1. The lowest BCUT2D eigenvalue weighted by molar-refractivity contribution is -0.119. The van der Waals surface area contributed by atoms with Gasteiger partial charge in [-0.15, -0.1) is 0 Å². The Kier molecular flexibility index (Phi) is 5.38. The van der Waals surface area contributed by atoms with E-state index in [9.17, 15) is 14.7 Å². The maximum absolute atomic E-state index is 13.3. The van der Waals surface area contributed by atoms with Crippen molar-refractivity contribution in [3.8, 4) is 11.5 Å². The van der Waals surface area contributed by atoms with Crippen LogP contribution in [0.25, 0.3) is 0 Å². The number of fused-ring (bicyclic) bond motifs is 1. The summed E-state index contributed by atoms with van der Waals surface area (Å²) in [6.07, 6.45) is 0.199. The molecule has 3 aromatic rings. The molecule has 1 unspecified atom stereocenters. The number of amides is 2. The lowest BCUT2D eigenvalue weighted by Crippen LogP contribution is -2.41. The van der Waals surface area contributed by atoms with E-state index in [1.165, 1.54) is 14.0 Å². The first kappa shape index (κ1) is 20.5. The number of aromatic hydroxyl groups is 1. The van der Waals surface area contributed by atoms with Gasteiger partial charge < -0.3 is 19.6 Å². The van der Waals surface area contributed by atoms with Crippen molar-refractivity contribution in [3.05, 3.63) is 83.4 Å². The molecule has 4 rings (SSSR count). The first-order valence-corrected chi connectivity index (χ1v) is 10.0. The van der Waals surface area contributed by atoms with Gasteiger partial charge in [-0.3, -0.25) is 9.59 Å². The molecule has 3 aromatic carbocycles. The maximum Gasteiger partial charge on any atom is 0.232 e. The average molecular weight is 416 g/mol. The SMILES string of the molecule is COc1cc2c(cc1O)C(c1ccccc1)N(c1ccc(N(C)C(C)=O)cc1)C(=O)C2. The zero-order valence-electron chi connectivity index (χ0n) is 17.7. The molecule has 1 heterocycles. The largest absolute Gasteiger partial charge is 0.504 e. The van der Waals surface area contributed by atoms with Gasteiger partial charge in [-0.2, -0.15) is 0 Å². The van der Waals surface area contributed by atoms with Crippen molar-refractivity contribution >= 4 is 23.2 Å². The molecule has 1 atom stereocenters. The Hall–Kier alpha value is -3.80. The highest BCUT2D eigenvalue weighted by molar-refractivity contribution is 5.99. The van der Waals surface area contributed by atoms with Crippen molar-refractivity contribution < 1.29 is 19.4 Å². The number of phenols is 1. The van der Waals surface area contributed by atoms with Gasteiger partial charge in [0.2, 0.25) is 11.8 Å². The molecule has 1 aliphatic rings. The molecule has 158 valence electrons. The zero-order valence-corrected chi connectivity index (χ0v) is 17.7. The fourth-order valence-corrected chi connectivity index (χ4v) is 4.00. The molecule has 31 heavy (non-hydrogen) atoms.